The number of hydrogen-bond acceptors (Lipinski definition) is 3. The van der Waals surface area contributed by atoms with Crippen molar-refractivity contribution in [3.63, 3.8) is 0 Å². The monoisotopic (exact) mass is 200 g/mol. The molecule has 3 N–H and O–H groups in total. The molecular formula is C10H20N2O2. The topological polar surface area (TPSA) is 64.3 Å². The zero-order chi connectivity index (χ0) is 10.6. The number of nitrogens with one attached hydrogen (secondary N) is 1. The van der Waals surface area contributed by atoms with Crippen molar-refractivity contribution in [2.24, 2.45) is 5.73 Å². The van der Waals surface area contributed by atoms with E-state index in [0.717, 1.165) is 25.7 Å². The number of amides is 1. The number of methoxy groups -OCH3 is 1. The molecule has 0 radical (unpaired) electrons. The highest BCUT2D eigenvalue weighted by Gasteiger charge is 2.22. The fourth-order valence-corrected chi connectivity index (χ4v) is 1.78. The molecule has 0 aromatic carbocycles. The lowest BCUT2D eigenvalue weighted by atomic mass is 9.93. The molecule has 4 heteroatoms. The molecule has 0 bridgehead atoms. The Morgan fingerprint density at radius 1 is 1.43 bits per heavy atom. The Bertz CT molecular complexity index is 187. The standard InChI is InChI=1S/C10H20N2O2/c1-7(11)10(13)12-8-3-5-9(14-2)6-4-8/h7-9H,3-6,11H2,1-2H3,(H,12,13)/t7-,8?,9?/m0/s1. The first-order valence-corrected chi connectivity index (χ1v) is 5.22. The van der Waals surface area contributed by atoms with Gasteiger partial charge in [-0.25, -0.2) is 0 Å². The summed E-state index contributed by atoms with van der Waals surface area (Å²) in [4.78, 5) is 11.3. The van der Waals surface area contributed by atoms with Gasteiger partial charge < -0.3 is 15.8 Å². The summed E-state index contributed by atoms with van der Waals surface area (Å²) in [6.07, 6.45) is 4.42. The van der Waals surface area contributed by atoms with E-state index < -0.39 is 6.04 Å². The third-order valence-electron chi connectivity index (χ3n) is 2.77. The summed E-state index contributed by atoms with van der Waals surface area (Å²) >= 11 is 0. The molecule has 0 aliphatic heterocycles. The van der Waals surface area contributed by atoms with Crippen LogP contribution in [0, 0.1) is 0 Å². The van der Waals surface area contributed by atoms with Gasteiger partial charge in [-0.2, -0.15) is 0 Å². The van der Waals surface area contributed by atoms with E-state index in [1.165, 1.54) is 0 Å². The van der Waals surface area contributed by atoms with E-state index in [0.29, 0.717) is 12.1 Å². The van der Waals surface area contributed by atoms with Gasteiger partial charge in [0, 0.05) is 13.2 Å². The maximum atomic E-state index is 11.3. The molecular weight excluding hydrogens is 180 g/mol. The second-order valence-electron chi connectivity index (χ2n) is 4.01. The molecule has 1 aliphatic carbocycles. The predicted molar refractivity (Wildman–Crippen MR) is 54.8 cm³/mol. The van der Waals surface area contributed by atoms with Gasteiger partial charge in [0.2, 0.25) is 5.91 Å². The van der Waals surface area contributed by atoms with Crippen LogP contribution in [0.2, 0.25) is 0 Å². The van der Waals surface area contributed by atoms with E-state index in [-0.39, 0.29) is 5.91 Å². The minimum atomic E-state index is -0.407. The zero-order valence-corrected chi connectivity index (χ0v) is 8.95. The number of carbonyl (C=O) groups excluding carboxylic acids is 1. The van der Waals surface area contributed by atoms with E-state index in [2.05, 4.69) is 5.32 Å². The molecule has 0 aromatic heterocycles. The molecule has 0 saturated heterocycles. The Morgan fingerprint density at radius 2 is 2.00 bits per heavy atom. The number of rotatable bonds is 3. The highest BCUT2D eigenvalue weighted by molar-refractivity contribution is 5.81. The molecule has 1 aliphatic rings. The normalized spacial score (nSPS) is 29.6. The van der Waals surface area contributed by atoms with Gasteiger partial charge in [-0.3, -0.25) is 4.79 Å². The molecule has 0 spiro atoms. The van der Waals surface area contributed by atoms with Crippen LogP contribution in [0.1, 0.15) is 32.6 Å². The third-order valence-corrected chi connectivity index (χ3v) is 2.77. The maximum absolute atomic E-state index is 11.3. The van der Waals surface area contributed by atoms with Crippen LogP contribution in [0.25, 0.3) is 0 Å². The lowest BCUT2D eigenvalue weighted by Gasteiger charge is -2.28. The lowest BCUT2D eigenvalue weighted by Crippen LogP contribution is -2.45. The molecule has 14 heavy (non-hydrogen) atoms. The first-order chi connectivity index (χ1) is 6.63. The quantitative estimate of drug-likeness (QED) is 0.693. The first kappa shape index (κ1) is 11.5. The maximum Gasteiger partial charge on any atom is 0.236 e. The van der Waals surface area contributed by atoms with Gasteiger partial charge in [0.1, 0.15) is 0 Å². The fourth-order valence-electron chi connectivity index (χ4n) is 1.78. The number of nitrogens with two attached hydrogens (primary N) is 1. The van der Waals surface area contributed by atoms with Gasteiger partial charge >= 0.3 is 0 Å². The highest BCUT2D eigenvalue weighted by atomic mass is 16.5. The summed E-state index contributed by atoms with van der Waals surface area (Å²) in [6, 6.07) is -0.116. The Labute approximate surface area is 85.2 Å². The Hall–Kier alpha value is -0.610. The minimum Gasteiger partial charge on any atom is -0.381 e. The van der Waals surface area contributed by atoms with Crippen LogP contribution in [-0.4, -0.2) is 31.2 Å². The van der Waals surface area contributed by atoms with Crippen molar-refractivity contribution in [2.45, 2.75) is 50.8 Å². The van der Waals surface area contributed by atoms with E-state index in [1.807, 2.05) is 0 Å². The van der Waals surface area contributed by atoms with Crippen molar-refractivity contribution < 1.29 is 9.53 Å². The molecule has 0 heterocycles. The van der Waals surface area contributed by atoms with Crippen molar-refractivity contribution in [2.75, 3.05) is 7.11 Å². The van der Waals surface area contributed by atoms with Crippen molar-refractivity contribution >= 4 is 5.91 Å². The Kier molecular flexibility index (Phi) is 4.35. The van der Waals surface area contributed by atoms with Crippen LogP contribution >= 0.6 is 0 Å². The van der Waals surface area contributed by atoms with Crippen LogP contribution in [0.3, 0.4) is 0 Å². The smallest absolute Gasteiger partial charge is 0.236 e. The second kappa shape index (κ2) is 5.32. The summed E-state index contributed by atoms with van der Waals surface area (Å²) < 4.78 is 5.25. The molecule has 1 fully saturated rings. The van der Waals surface area contributed by atoms with Crippen molar-refractivity contribution in [1.82, 2.24) is 5.32 Å². The fraction of sp³-hybridized carbons (Fsp3) is 0.900. The molecule has 0 aromatic rings. The van der Waals surface area contributed by atoms with Crippen molar-refractivity contribution in [1.29, 1.82) is 0 Å². The van der Waals surface area contributed by atoms with E-state index in [9.17, 15) is 4.79 Å². The van der Waals surface area contributed by atoms with Crippen LogP contribution in [0.5, 0.6) is 0 Å². The average Bonchev–Trinajstić information content (AvgIpc) is 2.19. The molecule has 82 valence electrons. The lowest BCUT2D eigenvalue weighted by molar-refractivity contribution is -0.123. The number of carbonyl (C=O) groups is 1. The zero-order valence-electron chi connectivity index (χ0n) is 8.95. The minimum absolute atomic E-state index is 0.0501. The van der Waals surface area contributed by atoms with Crippen LogP contribution in [0.15, 0.2) is 0 Å². The summed E-state index contributed by atoms with van der Waals surface area (Å²) in [5.74, 6) is -0.0501. The third kappa shape index (κ3) is 3.27. The number of hydrogen-bond donors (Lipinski definition) is 2. The molecule has 1 saturated carbocycles. The SMILES string of the molecule is COC1CCC(NC(=O)[C@H](C)N)CC1. The summed E-state index contributed by atoms with van der Waals surface area (Å²) in [5.41, 5.74) is 5.47. The first-order valence-electron chi connectivity index (χ1n) is 5.22. The van der Waals surface area contributed by atoms with Gasteiger partial charge in [0.15, 0.2) is 0 Å². The Balaban J connectivity index is 2.25. The van der Waals surface area contributed by atoms with Gasteiger partial charge in [-0.15, -0.1) is 0 Å². The van der Waals surface area contributed by atoms with Crippen LogP contribution in [0.4, 0.5) is 0 Å². The van der Waals surface area contributed by atoms with E-state index in [4.69, 9.17) is 10.5 Å². The average molecular weight is 200 g/mol. The van der Waals surface area contributed by atoms with Gasteiger partial charge in [0.25, 0.3) is 0 Å². The largest absolute Gasteiger partial charge is 0.381 e. The molecule has 4 nitrogen and oxygen atoms in total. The molecule has 1 atom stereocenters. The van der Waals surface area contributed by atoms with Gasteiger partial charge in [-0.1, -0.05) is 0 Å². The van der Waals surface area contributed by atoms with E-state index in [1.54, 1.807) is 14.0 Å². The Morgan fingerprint density at radius 3 is 2.43 bits per heavy atom. The summed E-state index contributed by atoms with van der Waals surface area (Å²) in [6.45, 7) is 1.70. The molecule has 0 unspecified atom stereocenters. The number of ether oxygens (including phenoxy) is 1. The van der Waals surface area contributed by atoms with Crippen molar-refractivity contribution in [3.8, 4) is 0 Å². The summed E-state index contributed by atoms with van der Waals surface area (Å²) in [7, 11) is 1.74. The van der Waals surface area contributed by atoms with Gasteiger partial charge in [0.05, 0.1) is 12.1 Å². The van der Waals surface area contributed by atoms with Crippen molar-refractivity contribution in [3.05, 3.63) is 0 Å². The highest BCUT2D eigenvalue weighted by Crippen LogP contribution is 2.20. The molecule has 1 rings (SSSR count). The molecule has 1 amide bonds. The summed E-state index contributed by atoms with van der Waals surface area (Å²) in [5, 5.41) is 2.94. The van der Waals surface area contributed by atoms with E-state index >= 15 is 0 Å². The predicted octanol–water partition coefficient (Wildman–Crippen LogP) is 0.407. The second-order valence-corrected chi connectivity index (χ2v) is 4.01. The van der Waals surface area contributed by atoms with Crippen LogP contribution < -0.4 is 11.1 Å². The van der Waals surface area contributed by atoms with Gasteiger partial charge in [-0.05, 0) is 32.6 Å². The van der Waals surface area contributed by atoms with Crippen LogP contribution in [-0.2, 0) is 9.53 Å².